The Morgan fingerprint density at radius 3 is 2.64 bits per heavy atom. The van der Waals surface area contributed by atoms with Crippen LogP contribution >= 0.6 is 0 Å². The molecule has 196 valence electrons. The number of piperidine rings is 1. The third-order valence-electron chi connectivity index (χ3n) is 6.80. The number of hydrogen-bond donors (Lipinski definition) is 2. The SMILES string of the molecule is CC(C)(C)OC(=O)N[C@H]1C[C@@H](N2Cc3cn(S(=O)(=O)C4CC4)nc3C2)CNC1c1cc(F)ccc1F. The highest BCUT2D eigenvalue weighted by atomic mass is 32.2. The summed E-state index contributed by atoms with van der Waals surface area (Å²) in [6.07, 6.45) is 2.76. The van der Waals surface area contributed by atoms with Crippen molar-refractivity contribution in [1.82, 2.24) is 24.7 Å². The van der Waals surface area contributed by atoms with E-state index in [9.17, 15) is 22.0 Å². The Balaban J connectivity index is 1.32. The number of amides is 1. The minimum atomic E-state index is -3.42. The monoisotopic (exact) mass is 523 g/mol. The predicted octanol–water partition coefficient (Wildman–Crippen LogP) is 2.81. The number of fused-ring (bicyclic) bond motifs is 1. The van der Waals surface area contributed by atoms with Crippen molar-refractivity contribution in [2.75, 3.05) is 6.54 Å². The maximum Gasteiger partial charge on any atom is 0.407 e. The van der Waals surface area contributed by atoms with Crippen LogP contribution < -0.4 is 10.6 Å². The van der Waals surface area contributed by atoms with E-state index in [0.29, 0.717) is 44.6 Å². The highest BCUT2D eigenvalue weighted by molar-refractivity contribution is 7.90. The lowest BCUT2D eigenvalue weighted by Gasteiger charge is -2.41. The van der Waals surface area contributed by atoms with Gasteiger partial charge in [0.15, 0.2) is 0 Å². The zero-order chi connectivity index (χ0) is 25.8. The highest BCUT2D eigenvalue weighted by Crippen LogP contribution is 2.34. The average Bonchev–Trinajstić information content (AvgIpc) is 3.45. The predicted molar refractivity (Wildman–Crippen MR) is 127 cm³/mol. The summed E-state index contributed by atoms with van der Waals surface area (Å²) in [7, 11) is -3.42. The van der Waals surface area contributed by atoms with E-state index in [2.05, 4.69) is 20.6 Å². The van der Waals surface area contributed by atoms with Crippen LogP contribution in [0.3, 0.4) is 0 Å². The van der Waals surface area contributed by atoms with Gasteiger partial charge in [0.25, 0.3) is 10.0 Å². The van der Waals surface area contributed by atoms with E-state index in [1.54, 1.807) is 27.0 Å². The van der Waals surface area contributed by atoms with Gasteiger partial charge in [0.1, 0.15) is 17.2 Å². The molecular weight excluding hydrogens is 492 g/mol. The minimum Gasteiger partial charge on any atom is -0.444 e. The normalized spacial score (nSPS) is 25.0. The summed E-state index contributed by atoms with van der Waals surface area (Å²) >= 11 is 0. The quantitative estimate of drug-likeness (QED) is 0.621. The van der Waals surface area contributed by atoms with Gasteiger partial charge in [-0.2, -0.15) is 9.19 Å². The molecule has 2 aliphatic heterocycles. The van der Waals surface area contributed by atoms with Gasteiger partial charge in [0.2, 0.25) is 0 Å². The molecular formula is C24H31F2N5O4S. The average molecular weight is 524 g/mol. The number of carbonyl (C=O) groups excluding carboxylic acids is 1. The van der Waals surface area contributed by atoms with Crippen molar-refractivity contribution in [2.24, 2.45) is 0 Å². The lowest BCUT2D eigenvalue weighted by atomic mass is 9.89. The maximum absolute atomic E-state index is 14.6. The number of rotatable bonds is 5. The molecule has 2 N–H and O–H groups in total. The Morgan fingerprint density at radius 1 is 1.22 bits per heavy atom. The first kappa shape index (κ1) is 25.1. The third-order valence-corrected chi connectivity index (χ3v) is 8.82. The van der Waals surface area contributed by atoms with Crippen molar-refractivity contribution < 1.29 is 26.7 Å². The van der Waals surface area contributed by atoms with E-state index >= 15 is 0 Å². The number of nitrogens with zero attached hydrogens (tertiary/aromatic N) is 3. The molecule has 0 bridgehead atoms. The molecule has 1 aliphatic carbocycles. The van der Waals surface area contributed by atoms with E-state index in [4.69, 9.17) is 4.74 Å². The summed E-state index contributed by atoms with van der Waals surface area (Å²) in [4.78, 5) is 14.8. The van der Waals surface area contributed by atoms with Crippen LogP contribution in [0, 0.1) is 11.6 Å². The molecule has 1 amide bonds. The first-order chi connectivity index (χ1) is 16.9. The molecule has 2 aromatic rings. The Morgan fingerprint density at radius 2 is 1.97 bits per heavy atom. The third kappa shape index (κ3) is 5.12. The zero-order valence-corrected chi connectivity index (χ0v) is 21.3. The summed E-state index contributed by atoms with van der Waals surface area (Å²) in [6.45, 7) is 6.71. The second-order valence-corrected chi connectivity index (χ2v) is 12.9. The minimum absolute atomic E-state index is 0.0551. The Labute approximate surface area is 209 Å². The van der Waals surface area contributed by atoms with Gasteiger partial charge in [-0.15, -0.1) is 0 Å². The van der Waals surface area contributed by atoms with Crippen LogP contribution in [0.4, 0.5) is 13.6 Å². The van der Waals surface area contributed by atoms with Crippen LogP contribution in [0.25, 0.3) is 0 Å². The lowest BCUT2D eigenvalue weighted by molar-refractivity contribution is 0.0445. The number of hydrogen-bond acceptors (Lipinski definition) is 7. The molecule has 0 radical (unpaired) electrons. The number of nitrogens with one attached hydrogen (secondary N) is 2. The highest BCUT2D eigenvalue weighted by Gasteiger charge is 2.41. The van der Waals surface area contributed by atoms with Gasteiger partial charge in [-0.1, -0.05) is 0 Å². The first-order valence-corrected chi connectivity index (χ1v) is 13.6. The number of aromatic nitrogens is 2. The number of benzene rings is 1. The largest absolute Gasteiger partial charge is 0.444 e. The molecule has 36 heavy (non-hydrogen) atoms. The maximum atomic E-state index is 14.6. The molecule has 1 aromatic heterocycles. The lowest BCUT2D eigenvalue weighted by Crippen LogP contribution is -2.57. The molecule has 1 saturated heterocycles. The fourth-order valence-electron chi connectivity index (χ4n) is 4.94. The van der Waals surface area contributed by atoms with Gasteiger partial charge >= 0.3 is 6.09 Å². The van der Waals surface area contributed by atoms with Crippen molar-refractivity contribution in [3.63, 3.8) is 0 Å². The number of ether oxygens (including phenoxy) is 1. The van der Waals surface area contributed by atoms with Gasteiger partial charge in [0.05, 0.1) is 23.0 Å². The molecule has 2 fully saturated rings. The molecule has 5 rings (SSSR count). The Hall–Kier alpha value is -2.57. The van der Waals surface area contributed by atoms with Crippen molar-refractivity contribution in [3.8, 4) is 0 Å². The number of alkyl carbamates (subject to hydrolysis) is 1. The van der Waals surface area contributed by atoms with Gasteiger partial charge in [-0.05, 0) is 58.2 Å². The Kier molecular flexibility index (Phi) is 6.32. The zero-order valence-electron chi connectivity index (χ0n) is 20.5. The molecule has 3 aliphatic rings. The molecule has 1 unspecified atom stereocenters. The summed E-state index contributed by atoms with van der Waals surface area (Å²) in [5.74, 6) is -1.12. The Bertz CT molecular complexity index is 1250. The summed E-state index contributed by atoms with van der Waals surface area (Å²) in [5.41, 5.74) is 0.999. The second kappa shape index (κ2) is 9.07. The molecule has 3 atom stereocenters. The van der Waals surface area contributed by atoms with Gasteiger partial charge in [0, 0.05) is 43.0 Å². The van der Waals surface area contributed by atoms with Crippen molar-refractivity contribution in [1.29, 1.82) is 0 Å². The van der Waals surface area contributed by atoms with Gasteiger partial charge < -0.3 is 15.4 Å². The van der Waals surface area contributed by atoms with Crippen molar-refractivity contribution >= 4 is 16.1 Å². The fraction of sp³-hybridized carbons (Fsp3) is 0.583. The number of halogens is 2. The molecule has 12 heteroatoms. The van der Waals surface area contributed by atoms with E-state index in [0.717, 1.165) is 27.8 Å². The van der Waals surface area contributed by atoms with Crippen molar-refractivity contribution in [3.05, 3.63) is 52.9 Å². The van der Waals surface area contributed by atoms with Crippen LogP contribution in [0.5, 0.6) is 0 Å². The molecule has 9 nitrogen and oxygen atoms in total. The molecule has 1 aromatic carbocycles. The van der Waals surface area contributed by atoms with Crippen LogP contribution in [0.15, 0.2) is 24.4 Å². The standard InChI is InChI=1S/C24H31F2N5O4S/c1-24(2,3)35-23(32)28-20-9-16(10-27-22(20)18-8-15(25)4-7-19(18)26)30-11-14-12-31(29-21(14)13-30)36(33,34)17-5-6-17/h4,7-8,12,16-17,20,22,27H,5-6,9-11,13H2,1-3H3,(H,28,32)/t16-,20+,22?/m1/s1. The molecule has 3 heterocycles. The molecule has 1 saturated carbocycles. The van der Waals surface area contributed by atoms with E-state index in [-0.39, 0.29) is 16.9 Å². The topological polar surface area (TPSA) is 106 Å². The van der Waals surface area contributed by atoms with Crippen LogP contribution in [0.1, 0.15) is 62.9 Å². The van der Waals surface area contributed by atoms with Crippen LogP contribution in [-0.4, -0.2) is 58.1 Å². The number of carbonyl (C=O) groups is 1. The first-order valence-electron chi connectivity index (χ1n) is 12.1. The van der Waals surface area contributed by atoms with Gasteiger partial charge in [-0.25, -0.2) is 22.0 Å². The van der Waals surface area contributed by atoms with Crippen molar-refractivity contribution in [2.45, 2.75) is 82.1 Å². The smallest absolute Gasteiger partial charge is 0.407 e. The van der Waals surface area contributed by atoms with Crippen LogP contribution in [-0.2, 0) is 27.8 Å². The summed E-state index contributed by atoms with van der Waals surface area (Å²) in [6, 6.07) is 2.01. The fourth-order valence-corrected chi connectivity index (χ4v) is 6.46. The second-order valence-electron chi connectivity index (χ2n) is 10.8. The summed E-state index contributed by atoms with van der Waals surface area (Å²) in [5, 5.41) is 10.1. The van der Waals surface area contributed by atoms with Gasteiger partial charge in [-0.3, -0.25) is 4.90 Å². The molecule has 0 spiro atoms. The van der Waals surface area contributed by atoms with E-state index in [1.807, 2.05) is 0 Å². The van der Waals surface area contributed by atoms with E-state index in [1.165, 1.54) is 0 Å². The summed E-state index contributed by atoms with van der Waals surface area (Å²) < 4.78 is 60.2. The van der Waals surface area contributed by atoms with E-state index < -0.39 is 45.4 Å². The van der Waals surface area contributed by atoms with Crippen LogP contribution in [0.2, 0.25) is 0 Å².